The topological polar surface area (TPSA) is 87.5 Å². The number of halogens is 2. The molecule has 0 spiro atoms. The summed E-state index contributed by atoms with van der Waals surface area (Å²) in [6.45, 7) is 5.90. The highest BCUT2D eigenvalue weighted by atomic mass is 35.5. The molecule has 148 valence electrons. The van der Waals surface area contributed by atoms with Crippen molar-refractivity contribution in [1.29, 1.82) is 0 Å². The van der Waals surface area contributed by atoms with Gasteiger partial charge in [0, 0.05) is 18.3 Å². The molecule has 2 N–H and O–H groups in total. The molecule has 0 bridgehead atoms. The Hall–Kier alpha value is -2.51. The van der Waals surface area contributed by atoms with Gasteiger partial charge >= 0.3 is 6.03 Å². The maximum Gasteiger partial charge on any atom is 0.322 e. The standard InChI is InChI=1S/C19H20Cl2N4O3/c1-4-8-25-11(3)15(18(26)22-14-9-10(2)28-24-14)17(23-19(25)27)12-6-5-7-13(20)16(12)21/h5-7,9,17H,4,8H2,1-3H3,(H,23,27)(H,22,24,26)/t17-/m1/s1. The van der Waals surface area contributed by atoms with Crippen LogP contribution >= 0.6 is 23.2 Å². The normalized spacial score (nSPS) is 17.0. The van der Waals surface area contributed by atoms with Crippen molar-refractivity contribution in [1.82, 2.24) is 15.4 Å². The lowest BCUT2D eigenvalue weighted by molar-refractivity contribution is -0.113. The van der Waals surface area contributed by atoms with E-state index in [1.165, 1.54) is 4.90 Å². The monoisotopic (exact) mass is 422 g/mol. The number of amides is 3. The zero-order chi connectivity index (χ0) is 20.4. The number of anilines is 1. The number of aromatic nitrogens is 1. The van der Waals surface area contributed by atoms with Crippen LogP contribution in [-0.2, 0) is 4.79 Å². The van der Waals surface area contributed by atoms with Gasteiger partial charge in [0.1, 0.15) is 5.76 Å². The molecule has 1 aliphatic heterocycles. The van der Waals surface area contributed by atoms with Crippen molar-refractivity contribution >= 4 is 41.0 Å². The molecule has 1 aromatic heterocycles. The smallest absolute Gasteiger partial charge is 0.322 e. The van der Waals surface area contributed by atoms with Crippen LogP contribution in [0.1, 0.15) is 37.6 Å². The van der Waals surface area contributed by atoms with Crippen molar-refractivity contribution in [3.8, 4) is 0 Å². The molecule has 1 aliphatic rings. The van der Waals surface area contributed by atoms with Crippen LogP contribution in [-0.4, -0.2) is 28.5 Å². The number of carbonyl (C=O) groups excluding carboxylic acids is 2. The number of benzene rings is 1. The lowest BCUT2D eigenvalue weighted by Crippen LogP contribution is -2.48. The summed E-state index contributed by atoms with van der Waals surface area (Å²) in [6.07, 6.45) is 0.741. The second-order valence-corrected chi connectivity index (χ2v) is 7.24. The quantitative estimate of drug-likeness (QED) is 0.731. The van der Waals surface area contributed by atoms with Gasteiger partial charge < -0.3 is 15.2 Å². The van der Waals surface area contributed by atoms with Crippen LogP contribution in [0.5, 0.6) is 0 Å². The van der Waals surface area contributed by atoms with Crippen LogP contribution in [0.4, 0.5) is 10.6 Å². The minimum Gasteiger partial charge on any atom is -0.360 e. The Morgan fingerprint density at radius 1 is 1.36 bits per heavy atom. The van der Waals surface area contributed by atoms with Crippen molar-refractivity contribution in [2.45, 2.75) is 33.2 Å². The van der Waals surface area contributed by atoms with Gasteiger partial charge in [0.2, 0.25) is 0 Å². The number of hydrogen-bond acceptors (Lipinski definition) is 4. The Labute approximate surface area is 172 Å². The van der Waals surface area contributed by atoms with Crippen molar-refractivity contribution in [3.05, 3.63) is 56.9 Å². The fourth-order valence-corrected chi connectivity index (χ4v) is 3.57. The third-order valence-corrected chi connectivity index (χ3v) is 5.28. The Bertz CT molecular complexity index is 954. The number of nitrogens with zero attached hydrogens (tertiary/aromatic N) is 2. The van der Waals surface area contributed by atoms with Gasteiger partial charge in [-0.05, 0) is 31.9 Å². The Kier molecular flexibility index (Phi) is 5.96. The van der Waals surface area contributed by atoms with Crippen LogP contribution in [0, 0.1) is 6.92 Å². The van der Waals surface area contributed by atoms with Gasteiger partial charge in [0.25, 0.3) is 5.91 Å². The van der Waals surface area contributed by atoms with Crippen LogP contribution < -0.4 is 10.6 Å². The van der Waals surface area contributed by atoms with Crippen molar-refractivity contribution in [2.24, 2.45) is 0 Å². The van der Waals surface area contributed by atoms with Crippen LogP contribution in [0.2, 0.25) is 10.0 Å². The summed E-state index contributed by atoms with van der Waals surface area (Å²) in [6, 6.07) is 5.67. The van der Waals surface area contributed by atoms with E-state index in [2.05, 4.69) is 15.8 Å². The predicted molar refractivity (Wildman–Crippen MR) is 107 cm³/mol. The molecule has 0 saturated heterocycles. The number of aryl methyl sites for hydroxylation is 1. The number of allylic oxidation sites excluding steroid dienone is 1. The summed E-state index contributed by atoms with van der Waals surface area (Å²) in [5.74, 6) is 0.450. The molecule has 3 amide bonds. The van der Waals surface area contributed by atoms with E-state index in [1.807, 2.05) is 6.92 Å². The highest BCUT2D eigenvalue weighted by molar-refractivity contribution is 6.42. The van der Waals surface area contributed by atoms with Gasteiger partial charge in [0.05, 0.1) is 21.7 Å². The molecule has 1 atom stereocenters. The molecule has 3 rings (SSSR count). The molecular formula is C19H20Cl2N4O3. The SMILES string of the molecule is CCCN1C(=O)N[C@H](c2cccc(Cl)c2Cl)C(C(=O)Nc2cc(C)on2)=C1C. The predicted octanol–water partition coefficient (Wildman–Crippen LogP) is 4.68. The molecule has 1 aromatic carbocycles. The van der Waals surface area contributed by atoms with E-state index in [0.717, 1.165) is 6.42 Å². The number of nitrogens with one attached hydrogen (secondary N) is 2. The summed E-state index contributed by atoms with van der Waals surface area (Å²) in [7, 11) is 0. The van der Waals surface area contributed by atoms with E-state index < -0.39 is 11.9 Å². The minimum atomic E-state index is -0.750. The zero-order valence-corrected chi connectivity index (χ0v) is 17.2. The molecule has 28 heavy (non-hydrogen) atoms. The van der Waals surface area contributed by atoms with Crippen molar-refractivity contribution in [2.75, 3.05) is 11.9 Å². The summed E-state index contributed by atoms with van der Waals surface area (Å²) >= 11 is 12.5. The number of carbonyl (C=O) groups is 2. The van der Waals surface area contributed by atoms with E-state index in [9.17, 15) is 9.59 Å². The van der Waals surface area contributed by atoms with Gasteiger partial charge in [-0.15, -0.1) is 0 Å². The molecule has 7 nitrogen and oxygen atoms in total. The first-order valence-electron chi connectivity index (χ1n) is 8.80. The molecule has 0 unspecified atom stereocenters. The second kappa shape index (κ2) is 8.24. The number of rotatable bonds is 5. The van der Waals surface area contributed by atoms with Crippen molar-refractivity contribution < 1.29 is 14.1 Å². The maximum absolute atomic E-state index is 13.1. The number of urea groups is 1. The first-order chi connectivity index (χ1) is 13.3. The van der Waals surface area contributed by atoms with Crippen LogP contribution in [0.25, 0.3) is 0 Å². The van der Waals surface area contributed by atoms with E-state index >= 15 is 0 Å². The largest absolute Gasteiger partial charge is 0.360 e. The molecule has 2 heterocycles. The maximum atomic E-state index is 13.1. The third-order valence-electron chi connectivity index (χ3n) is 4.45. The molecule has 2 aromatic rings. The highest BCUT2D eigenvalue weighted by Gasteiger charge is 2.36. The first-order valence-corrected chi connectivity index (χ1v) is 9.56. The van der Waals surface area contributed by atoms with E-state index in [1.54, 1.807) is 38.1 Å². The molecule has 0 radical (unpaired) electrons. The highest BCUT2D eigenvalue weighted by Crippen LogP contribution is 2.37. The fraction of sp³-hybridized carbons (Fsp3) is 0.316. The van der Waals surface area contributed by atoms with E-state index in [0.29, 0.717) is 34.2 Å². The molecule has 0 aliphatic carbocycles. The Morgan fingerprint density at radius 2 is 2.11 bits per heavy atom. The summed E-state index contributed by atoms with van der Waals surface area (Å²) in [4.78, 5) is 27.3. The lowest BCUT2D eigenvalue weighted by Gasteiger charge is -2.36. The van der Waals surface area contributed by atoms with Gasteiger partial charge in [0.15, 0.2) is 5.82 Å². The third kappa shape index (κ3) is 3.86. The fourth-order valence-electron chi connectivity index (χ4n) is 3.15. The van der Waals surface area contributed by atoms with Gasteiger partial charge in [-0.2, -0.15) is 0 Å². The second-order valence-electron chi connectivity index (χ2n) is 6.45. The molecular weight excluding hydrogens is 403 g/mol. The number of hydrogen-bond donors (Lipinski definition) is 2. The Morgan fingerprint density at radius 3 is 2.75 bits per heavy atom. The molecule has 0 fully saturated rings. The van der Waals surface area contributed by atoms with Gasteiger partial charge in [-0.1, -0.05) is 47.4 Å². The Balaban J connectivity index is 2.07. The van der Waals surface area contributed by atoms with Crippen LogP contribution in [0.3, 0.4) is 0 Å². The first kappa shape index (κ1) is 20.2. The summed E-state index contributed by atoms with van der Waals surface area (Å²) < 4.78 is 5.00. The molecule has 0 saturated carbocycles. The van der Waals surface area contributed by atoms with E-state index in [4.69, 9.17) is 27.7 Å². The average molecular weight is 423 g/mol. The lowest BCUT2D eigenvalue weighted by atomic mass is 9.94. The molecule has 9 heteroatoms. The zero-order valence-electron chi connectivity index (χ0n) is 15.7. The van der Waals surface area contributed by atoms with Crippen molar-refractivity contribution in [3.63, 3.8) is 0 Å². The summed E-state index contributed by atoms with van der Waals surface area (Å²) in [5.41, 5.74) is 1.45. The minimum absolute atomic E-state index is 0.286. The van der Waals surface area contributed by atoms with Gasteiger partial charge in [-0.25, -0.2) is 4.79 Å². The average Bonchev–Trinajstić information content (AvgIpc) is 3.05. The van der Waals surface area contributed by atoms with Gasteiger partial charge in [-0.3, -0.25) is 9.69 Å². The van der Waals surface area contributed by atoms with Crippen LogP contribution in [0.15, 0.2) is 40.1 Å². The van der Waals surface area contributed by atoms with E-state index in [-0.39, 0.29) is 16.9 Å². The summed E-state index contributed by atoms with van der Waals surface area (Å²) in [5, 5.41) is 10.0.